The lowest BCUT2D eigenvalue weighted by Gasteiger charge is -2.50. The minimum absolute atomic E-state index is 0. The van der Waals surface area contributed by atoms with Crippen molar-refractivity contribution in [2.24, 2.45) is 0 Å². The van der Waals surface area contributed by atoms with Crippen LogP contribution in [0.25, 0.3) is 16.6 Å². The molecule has 0 spiro atoms. The van der Waals surface area contributed by atoms with E-state index < -0.39 is 17.2 Å². The normalized spacial score (nSPS) is 18.0. The van der Waals surface area contributed by atoms with Gasteiger partial charge in [-0.25, -0.2) is 4.39 Å². The maximum absolute atomic E-state index is 14.1. The number of fused-ring (bicyclic) bond motifs is 4. The Bertz CT molecular complexity index is 1810. The Morgan fingerprint density at radius 3 is 2.20 bits per heavy atom. The summed E-state index contributed by atoms with van der Waals surface area (Å²) in [5, 5.41) is 0.358. The van der Waals surface area contributed by atoms with Crippen LogP contribution in [0.4, 0.5) is 10.1 Å². The van der Waals surface area contributed by atoms with Crippen LogP contribution in [0.2, 0.25) is 0 Å². The van der Waals surface area contributed by atoms with Gasteiger partial charge in [-0.3, -0.25) is 14.5 Å². The number of ether oxygens (including phenoxy) is 3. The molecule has 268 valence electrons. The molecule has 3 fully saturated rings. The van der Waals surface area contributed by atoms with Crippen LogP contribution in [-0.2, 0) is 0 Å². The number of methoxy groups -OCH3 is 2. The minimum Gasteiger partial charge on any atom is -1.00 e. The summed E-state index contributed by atoms with van der Waals surface area (Å²) in [6, 6.07) is 16.5. The van der Waals surface area contributed by atoms with Crippen molar-refractivity contribution >= 4 is 22.5 Å². The Morgan fingerprint density at radius 2 is 1.54 bits per heavy atom. The smallest absolute Gasteiger partial charge is 0.263 e. The van der Waals surface area contributed by atoms with Gasteiger partial charge >= 0.3 is 0 Å². The third-order valence-electron chi connectivity index (χ3n) is 10.2. The summed E-state index contributed by atoms with van der Waals surface area (Å²) >= 11 is 0. The highest BCUT2D eigenvalue weighted by molar-refractivity contribution is 6.07. The first-order valence-corrected chi connectivity index (χ1v) is 17.5. The number of aromatic nitrogens is 1. The highest BCUT2D eigenvalue weighted by Gasteiger charge is 2.37. The number of benzene rings is 3. The molecule has 11 heteroatoms. The predicted molar refractivity (Wildman–Crippen MR) is 191 cm³/mol. The van der Waals surface area contributed by atoms with Crippen molar-refractivity contribution in [3.63, 3.8) is 0 Å². The molecule has 0 N–H and O–H groups in total. The number of amides is 1. The Hall–Kier alpha value is -3.93. The highest BCUT2D eigenvalue weighted by Crippen LogP contribution is 2.30. The highest BCUT2D eigenvalue weighted by atomic mass is 79.9. The summed E-state index contributed by atoms with van der Waals surface area (Å²) in [5.41, 5.74) is 1.14. The van der Waals surface area contributed by atoms with E-state index in [9.17, 15) is 14.0 Å². The fourth-order valence-electron chi connectivity index (χ4n) is 7.26. The Balaban J connectivity index is 0.00000486. The topological polar surface area (TPSA) is 73.2 Å². The SMILES string of the molecule is CCN(C(=O)c1cn(-c2cc(OC)cc(OC)c2)c2cc(OCCCCCCC[N+]34CCN(CC3)CC4)ccc2c1=O)c1cccc(F)c1.[Br-]. The van der Waals surface area contributed by atoms with Crippen molar-refractivity contribution in [1.82, 2.24) is 9.47 Å². The van der Waals surface area contributed by atoms with Gasteiger partial charge in [-0.15, -0.1) is 0 Å². The third-order valence-corrected chi connectivity index (χ3v) is 10.2. The molecule has 3 aromatic carbocycles. The van der Waals surface area contributed by atoms with Crippen LogP contribution in [0.3, 0.4) is 0 Å². The standard InChI is InChI=1S/C39H48FN4O5.BrH/c1-4-42(30-12-10-11-29(40)23-30)39(46)36-28-43(31-24-33(47-2)26-34(25-31)48-3)37-27-32(13-14-35(37)38(36)45)49-22-9-7-5-6-8-18-44-19-15-41(16-20-44)17-21-44;/h10-14,23-28H,4-9,15-22H2,1-3H3;1H/q+1;/p-1. The van der Waals surface area contributed by atoms with E-state index >= 15 is 0 Å². The molecule has 0 atom stereocenters. The van der Waals surface area contributed by atoms with Gasteiger partial charge in [0, 0.05) is 67.7 Å². The zero-order chi connectivity index (χ0) is 34.4. The maximum atomic E-state index is 14.1. The number of anilines is 1. The Labute approximate surface area is 304 Å². The molecule has 0 aliphatic carbocycles. The van der Waals surface area contributed by atoms with Crippen molar-refractivity contribution in [1.29, 1.82) is 0 Å². The Morgan fingerprint density at radius 1 is 0.860 bits per heavy atom. The number of unbranched alkanes of at least 4 members (excludes halogenated alkanes) is 4. The second kappa shape index (κ2) is 16.9. The van der Waals surface area contributed by atoms with Crippen LogP contribution in [0.1, 0.15) is 49.4 Å². The molecule has 1 amide bonds. The zero-order valence-corrected chi connectivity index (χ0v) is 30.9. The molecule has 4 aromatic rings. The summed E-state index contributed by atoms with van der Waals surface area (Å²) in [6.45, 7) is 11.7. The molecule has 2 bridgehead atoms. The molecule has 3 aliphatic rings. The van der Waals surface area contributed by atoms with Crippen LogP contribution < -0.4 is 41.5 Å². The van der Waals surface area contributed by atoms with E-state index in [1.54, 1.807) is 62.2 Å². The lowest BCUT2D eigenvalue weighted by atomic mass is 10.1. The molecular formula is C39H48BrFN4O5. The molecule has 0 saturated carbocycles. The van der Waals surface area contributed by atoms with Gasteiger partial charge in [0.15, 0.2) is 0 Å². The van der Waals surface area contributed by atoms with Crippen molar-refractivity contribution in [3.05, 3.63) is 88.5 Å². The van der Waals surface area contributed by atoms with Crippen LogP contribution in [-0.4, -0.2) is 93.0 Å². The number of hydrogen-bond donors (Lipinski definition) is 0. The van der Waals surface area contributed by atoms with Gasteiger partial charge < -0.3 is 45.1 Å². The fourth-order valence-corrected chi connectivity index (χ4v) is 7.26. The van der Waals surface area contributed by atoms with Gasteiger partial charge in [0.2, 0.25) is 5.43 Å². The molecule has 50 heavy (non-hydrogen) atoms. The number of pyridine rings is 1. The monoisotopic (exact) mass is 750 g/mol. The molecule has 4 heterocycles. The van der Waals surface area contributed by atoms with Crippen LogP contribution in [0, 0.1) is 5.82 Å². The summed E-state index contributed by atoms with van der Waals surface area (Å²) < 4.78 is 34.5. The number of carbonyl (C=O) groups excluding carboxylic acids is 1. The first-order chi connectivity index (χ1) is 23.8. The average molecular weight is 752 g/mol. The van der Waals surface area contributed by atoms with Gasteiger partial charge in [0.25, 0.3) is 5.91 Å². The lowest BCUT2D eigenvalue weighted by molar-refractivity contribution is -0.941. The van der Waals surface area contributed by atoms with Crippen molar-refractivity contribution in [2.75, 3.05) is 78.1 Å². The number of rotatable bonds is 15. The van der Waals surface area contributed by atoms with Gasteiger partial charge in [0.1, 0.15) is 28.6 Å². The number of halogens is 2. The average Bonchev–Trinajstić information content (AvgIpc) is 3.13. The quantitative estimate of drug-likeness (QED) is 0.137. The number of nitrogens with zero attached hydrogens (tertiary/aromatic N) is 4. The molecule has 0 radical (unpaired) electrons. The summed E-state index contributed by atoms with van der Waals surface area (Å²) in [4.78, 5) is 31.9. The van der Waals surface area contributed by atoms with Crippen LogP contribution >= 0.6 is 0 Å². The summed E-state index contributed by atoms with van der Waals surface area (Å²) in [6.07, 6.45) is 7.35. The zero-order valence-electron chi connectivity index (χ0n) is 29.3. The van der Waals surface area contributed by atoms with Crippen molar-refractivity contribution < 1.29 is 44.9 Å². The van der Waals surface area contributed by atoms with Gasteiger partial charge in [-0.1, -0.05) is 18.9 Å². The summed E-state index contributed by atoms with van der Waals surface area (Å²) in [7, 11) is 3.14. The minimum atomic E-state index is -0.522. The van der Waals surface area contributed by atoms with E-state index in [0.717, 1.165) is 12.8 Å². The van der Waals surface area contributed by atoms with E-state index in [2.05, 4.69) is 4.90 Å². The first kappa shape index (κ1) is 37.3. The predicted octanol–water partition coefficient (Wildman–Crippen LogP) is 3.29. The first-order valence-electron chi connectivity index (χ1n) is 17.5. The lowest BCUT2D eigenvalue weighted by Crippen LogP contribution is -3.00. The second-order valence-electron chi connectivity index (χ2n) is 13.2. The van der Waals surface area contributed by atoms with E-state index in [1.165, 1.54) is 86.6 Å². The molecule has 0 unspecified atom stereocenters. The largest absolute Gasteiger partial charge is 1.00 e. The van der Waals surface area contributed by atoms with E-state index in [-0.39, 0.29) is 29.1 Å². The van der Waals surface area contributed by atoms with Crippen LogP contribution in [0.15, 0.2) is 71.7 Å². The van der Waals surface area contributed by atoms with E-state index in [4.69, 9.17) is 14.2 Å². The summed E-state index contributed by atoms with van der Waals surface area (Å²) in [5.74, 6) is 0.768. The molecule has 7 rings (SSSR count). The number of quaternary nitrogens is 1. The maximum Gasteiger partial charge on any atom is 0.263 e. The molecule has 1 aromatic heterocycles. The van der Waals surface area contributed by atoms with Crippen LogP contribution in [0.5, 0.6) is 17.2 Å². The molecular weight excluding hydrogens is 703 g/mol. The molecule has 3 saturated heterocycles. The van der Waals surface area contributed by atoms with Crippen molar-refractivity contribution in [2.45, 2.75) is 39.0 Å². The van der Waals surface area contributed by atoms with E-state index in [1.807, 2.05) is 18.2 Å². The number of piperazine rings is 3. The van der Waals surface area contributed by atoms with Gasteiger partial charge in [-0.05, 0) is 56.5 Å². The second-order valence-corrected chi connectivity index (χ2v) is 13.2. The Kier molecular flexibility index (Phi) is 12.6. The van der Waals surface area contributed by atoms with E-state index in [0.29, 0.717) is 46.1 Å². The van der Waals surface area contributed by atoms with Gasteiger partial charge in [-0.2, -0.15) is 0 Å². The van der Waals surface area contributed by atoms with Crippen molar-refractivity contribution in [3.8, 4) is 22.9 Å². The number of hydrogen-bond acceptors (Lipinski definition) is 6. The molecule has 3 aliphatic heterocycles. The third kappa shape index (κ3) is 8.33. The number of carbonyl (C=O) groups is 1. The van der Waals surface area contributed by atoms with Gasteiger partial charge in [0.05, 0.1) is 58.2 Å². The fraction of sp³-hybridized carbons (Fsp3) is 0.436. The molecule has 9 nitrogen and oxygen atoms in total.